The fraction of sp³-hybridized carbons (Fsp3) is 0.364. The third-order valence-electron chi connectivity index (χ3n) is 5.20. The maximum absolute atomic E-state index is 13.2. The summed E-state index contributed by atoms with van der Waals surface area (Å²) in [5.41, 5.74) is 0.257. The summed E-state index contributed by atoms with van der Waals surface area (Å²) in [6.07, 6.45) is -0.560. The molecule has 4 rings (SSSR count). The SMILES string of the molecule is CC1CN(S(=O)(=O)c2cc(C(=O)OCC(=O)c3ccc4c(c3)OCO4)ccc2Cl)CC(C)O1. The van der Waals surface area contributed by atoms with Crippen molar-refractivity contribution in [2.24, 2.45) is 0 Å². The largest absolute Gasteiger partial charge is 0.454 e. The van der Waals surface area contributed by atoms with Crippen LogP contribution in [0.1, 0.15) is 34.6 Å². The summed E-state index contributed by atoms with van der Waals surface area (Å²) in [7, 11) is -3.97. The molecular formula is C22H22ClNO8S. The number of carbonyl (C=O) groups excluding carboxylic acids is 2. The first kappa shape index (κ1) is 23.5. The number of benzene rings is 2. The Labute approximate surface area is 196 Å². The standard InChI is InChI=1S/C22H22ClNO8S/c1-13-9-24(10-14(2)32-13)33(27,28)21-8-16(3-5-17(21)23)22(26)29-11-18(25)15-4-6-19-20(7-15)31-12-30-19/h3-8,13-14H,9-12H2,1-2H3. The number of ketones is 1. The minimum atomic E-state index is -3.97. The van der Waals surface area contributed by atoms with Crippen molar-refractivity contribution in [3.05, 3.63) is 52.5 Å². The van der Waals surface area contributed by atoms with Crippen molar-refractivity contribution in [3.63, 3.8) is 0 Å². The molecule has 0 bridgehead atoms. The lowest BCUT2D eigenvalue weighted by Gasteiger charge is -2.34. The molecule has 0 amide bonds. The van der Waals surface area contributed by atoms with Crippen LogP contribution in [-0.2, 0) is 19.5 Å². The van der Waals surface area contributed by atoms with E-state index < -0.39 is 28.4 Å². The van der Waals surface area contributed by atoms with E-state index in [1.165, 1.54) is 22.5 Å². The van der Waals surface area contributed by atoms with Gasteiger partial charge in [-0.25, -0.2) is 13.2 Å². The predicted molar refractivity (Wildman–Crippen MR) is 117 cm³/mol. The fourth-order valence-corrected chi connectivity index (χ4v) is 5.75. The first-order valence-electron chi connectivity index (χ1n) is 10.2. The van der Waals surface area contributed by atoms with E-state index >= 15 is 0 Å². The van der Waals surface area contributed by atoms with Crippen LogP contribution in [-0.4, -0.2) is 63.2 Å². The van der Waals surface area contributed by atoms with Crippen molar-refractivity contribution in [1.29, 1.82) is 0 Å². The Balaban J connectivity index is 1.47. The fourth-order valence-electron chi connectivity index (χ4n) is 3.66. The van der Waals surface area contributed by atoms with Crippen LogP contribution in [0.5, 0.6) is 11.5 Å². The van der Waals surface area contributed by atoms with Crippen molar-refractivity contribution in [3.8, 4) is 11.5 Å². The van der Waals surface area contributed by atoms with Gasteiger partial charge in [-0.05, 0) is 50.2 Å². The Morgan fingerprint density at radius 1 is 1.03 bits per heavy atom. The van der Waals surface area contributed by atoms with E-state index in [2.05, 4.69) is 0 Å². The minimum Gasteiger partial charge on any atom is -0.454 e. The van der Waals surface area contributed by atoms with Gasteiger partial charge >= 0.3 is 5.97 Å². The molecule has 2 atom stereocenters. The molecule has 2 unspecified atom stereocenters. The Bertz CT molecular complexity index is 1190. The summed E-state index contributed by atoms with van der Waals surface area (Å²) in [4.78, 5) is 24.8. The minimum absolute atomic E-state index is 0.0187. The smallest absolute Gasteiger partial charge is 0.338 e. The zero-order chi connectivity index (χ0) is 23.8. The van der Waals surface area contributed by atoms with Gasteiger partial charge in [0, 0.05) is 18.7 Å². The van der Waals surface area contributed by atoms with Crippen LogP contribution in [0.25, 0.3) is 0 Å². The molecule has 9 nitrogen and oxygen atoms in total. The van der Waals surface area contributed by atoms with Gasteiger partial charge in [0.1, 0.15) is 4.90 Å². The average molecular weight is 496 g/mol. The molecule has 0 aromatic heterocycles. The molecule has 1 saturated heterocycles. The summed E-state index contributed by atoms with van der Waals surface area (Å²) < 4.78 is 48.8. The summed E-state index contributed by atoms with van der Waals surface area (Å²) in [6, 6.07) is 8.48. The number of carbonyl (C=O) groups is 2. The Morgan fingerprint density at radius 3 is 2.42 bits per heavy atom. The number of esters is 1. The maximum Gasteiger partial charge on any atom is 0.338 e. The van der Waals surface area contributed by atoms with Gasteiger partial charge in [-0.15, -0.1) is 0 Å². The zero-order valence-electron chi connectivity index (χ0n) is 17.9. The average Bonchev–Trinajstić information content (AvgIpc) is 3.24. The van der Waals surface area contributed by atoms with Gasteiger partial charge < -0.3 is 18.9 Å². The molecule has 0 saturated carbocycles. The summed E-state index contributed by atoms with van der Waals surface area (Å²) >= 11 is 6.17. The van der Waals surface area contributed by atoms with Crippen molar-refractivity contribution in [2.45, 2.75) is 31.0 Å². The second kappa shape index (κ2) is 9.30. The summed E-state index contributed by atoms with van der Waals surface area (Å²) in [5, 5.41) is -0.0187. The molecule has 0 spiro atoms. The monoisotopic (exact) mass is 495 g/mol. The van der Waals surface area contributed by atoms with E-state index in [-0.39, 0.29) is 47.6 Å². The quantitative estimate of drug-likeness (QED) is 0.444. The van der Waals surface area contributed by atoms with Crippen molar-refractivity contribution >= 4 is 33.4 Å². The Hall–Kier alpha value is -2.66. The highest BCUT2D eigenvalue weighted by Gasteiger charge is 2.34. The van der Waals surface area contributed by atoms with Crippen LogP contribution in [0.15, 0.2) is 41.3 Å². The van der Waals surface area contributed by atoms with Crippen LogP contribution >= 0.6 is 11.6 Å². The molecule has 2 aromatic carbocycles. The van der Waals surface area contributed by atoms with Crippen LogP contribution in [0.4, 0.5) is 0 Å². The maximum atomic E-state index is 13.2. The van der Waals surface area contributed by atoms with E-state index in [1.54, 1.807) is 26.0 Å². The molecule has 33 heavy (non-hydrogen) atoms. The summed E-state index contributed by atoms with van der Waals surface area (Å²) in [6.45, 7) is 3.45. The van der Waals surface area contributed by atoms with E-state index in [4.69, 9.17) is 30.5 Å². The van der Waals surface area contributed by atoms with Crippen LogP contribution in [0, 0.1) is 0 Å². The summed E-state index contributed by atoms with van der Waals surface area (Å²) in [5.74, 6) is -0.324. The third kappa shape index (κ3) is 4.98. The van der Waals surface area contributed by atoms with E-state index in [1.807, 2.05) is 0 Å². The van der Waals surface area contributed by atoms with E-state index in [0.29, 0.717) is 17.1 Å². The lowest BCUT2D eigenvalue weighted by Crippen LogP contribution is -2.48. The van der Waals surface area contributed by atoms with Gasteiger partial charge in [-0.3, -0.25) is 4.79 Å². The molecule has 0 radical (unpaired) electrons. The van der Waals surface area contributed by atoms with Gasteiger partial charge in [0.25, 0.3) is 0 Å². The topological polar surface area (TPSA) is 108 Å². The molecule has 0 aliphatic carbocycles. The normalized spacial score (nSPS) is 20.5. The molecule has 0 N–H and O–H groups in total. The lowest BCUT2D eigenvalue weighted by atomic mass is 10.1. The Kier molecular flexibility index (Phi) is 6.62. The number of rotatable bonds is 6. The van der Waals surface area contributed by atoms with Gasteiger partial charge in [0.15, 0.2) is 23.9 Å². The highest BCUT2D eigenvalue weighted by molar-refractivity contribution is 7.89. The zero-order valence-corrected chi connectivity index (χ0v) is 19.5. The number of hydrogen-bond donors (Lipinski definition) is 0. The second-order valence-electron chi connectivity index (χ2n) is 7.79. The van der Waals surface area contributed by atoms with Gasteiger partial charge in [-0.1, -0.05) is 11.6 Å². The highest BCUT2D eigenvalue weighted by Crippen LogP contribution is 2.33. The lowest BCUT2D eigenvalue weighted by molar-refractivity contribution is -0.0440. The first-order valence-corrected chi connectivity index (χ1v) is 12.0. The number of hydrogen-bond acceptors (Lipinski definition) is 8. The van der Waals surface area contributed by atoms with E-state index in [0.717, 1.165) is 6.07 Å². The van der Waals surface area contributed by atoms with Crippen molar-refractivity contribution in [1.82, 2.24) is 4.31 Å². The number of ether oxygens (including phenoxy) is 4. The molecule has 2 aliphatic heterocycles. The number of sulfonamides is 1. The first-order chi connectivity index (χ1) is 15.6. The third-order valence-corrected chi connectivity index (χ3v) is 7.51. The van der Waals surface area contributed by atoms with Crippen LogP contribution < -0.4 is 9.47 Å². The van der Waals surface area contributed by atoms with Gasteiger partial charge in [-0.2, -0.15) is 4.31 Å². The predicted octanol–water partition coefficient (Wildman–Crippen LogP) is 2.91. The number of morpholine rings is 1. The van der Waals surface area contributed by atoms with Crippen LogP contribution in [0.2, 0.25) is 5.02 Å². The molecule has 176 valence electrons. The molecule has 2 aliphatic rings. The van der Waals surface area contributed by atoms with Gasteiger partial charge in [0.2, 0.25) is 16.8 Å². The van der Waals surface area contributed by atoms with Crippen LogP contribution in [0.3, 0.4) is 0 Å². The number of fused-ring (bicyclic) bond motifs is 1. The molecule has 2 heterocycles. The van der Waals surface area contributed by atoms with Gasteiger partial charge in [0.05, 0.1) is 22.8 Å². The second-order valence-corrected chi connectivity index (χ2v) is 10.1. The molecule has 1 fully saturated rings. The van der Waals surface area contributed by atoms with E-state index in [9.17, 15) is 18.0 Å². The molecular weight excluding hydrogens is 474 g/mol. The molecule has 2 aromatic rings. The van der Waals surface area contributed by atoms with Crippen molar-refractivity contribution < 1.29 is 37.0 Å². The molecule has 11 heteroatoms. The number of nitrogens with zero attached hydrogens (tertiary/aromatic N) is 1. The number of halogens is 1. The van der Waals surface area contributed by atoms with Crippen molar-refractivity contribution in [2.75, 3.05) is 26.5 Å². The Morgan fingerprint density at radius 2 is 1.70 bits per heavy atom. The number of Topliss-reactive ketones (excluding diaryl/α,β-unsaturated/α-hetero) is 1. The highest BCUT2D eigenvalue weighted by atomic mass is 35.5.